The molecule has 2 N–H and O–H groups in total. The average Bonchev–Trinajstić information content (AvgIpc) is 2.79. The van der Waals surface area contributed by atoms with Gasteiger partial charge in [0.1, 0.15) is 0 Å². The molecule has 0 fully saturated rings. The Morgan fingerprint density at radius 3 is 2.55 bits per heavy atom. The monoisotopic (exact) mass is 417 g/mol. The molecule has 3 nitrogen and oxygen atoms in total. The first-order valence-electron chi connectivity index (χ1n) is 6.00. The van der Waals surface area contributed by atoms with Crippen molar-refractivity contribution in [2.24, 2.45) is 0 Å². The smallest absolute Gasteiger partial charge is 0.261 e. The lowest BCUT2D eigenvalue weighted by molar-refractivity contribution is 0.0920. The van der Waals surface area contributed by atoms with Crippen LogP contribution in [-0.4, -0.2) is 23.7 Å². The van der Waals surface area contributed by atoms with Gasteiger partial charge >= 0.3 is 0 Å². The van der Waals surface area contributed by atoms with E-state index in [-0.39, 0.29) is 18.6 Å². The van der Waals surface area contributed by atoms with Crippen LogP contribution in [0.4, 0.5) is 0 Å². The summed E-state index contributed by atoms with van der Waals surface area (Å²) in [6, 6.07) is 11.3. The number of halogens is 2. The molecule has 0 aliphatic heterocycles. The fourth-order valence-electron chi connectivity index (χ4n) is 1.77. The summed E-state index contributed by atoms with van der Waals surface area (Å²) in [6.07, 6.45) is 0.608. The molecule has 1 heterocycles. The van der Waals surface area contributed by atoms with E-state index < -0.39 is 0 Å². The maximum absolute atomic E-state index is 12.1. The number of amides is 1. The molecule has 0 saturated carbocycles. The fourth-order valence-corrected chi connectivity index (χ4v) is 3.71. The summed E-state index contributed by atoms with van der Waals surface area (Å²) in [6.45, 7) is -0.0889. The minimum atomic E-state index is -0.287. The number of carbonyl (C=O) groups is 1. The standard InChI is InChI=1S/C14H13Br2NO2S/c15-11-7-12(20-13(11)16)14(19)17-10(8-18)6-9-4-2-1-3-5-9/h1-5,7,10,18H,6,8H2,(H,17,19). The van der Waals surface area contributed by atoms with Crippen LogP contribution in [0.3, 0.4) is 0 Å². The summed E-state index contributed by atoms with van der Waals surface area (Å²) in [7, 11) is 0. The molecule has 1 aromatic heterocycles. The van der Waals surface area contributed by atoms with Crippen molar-refractivity contribution in [2.75, 3.05) is 6.61 Å². The van der Waals surface area contributed by atoms with E-state index >= 15 is 0 Å². The number of benzene rings is 1. The molecule has 6 heteroatoms. The lowest BCUT2D eigenvalue weighted by atomic mass is 10.1. The molecule has 1 atom stereocenters. The van der Waals surface area contributed by atoms with Gasteiger partial charge in [-0.05, 0) is 49.9 Å². The zero-order valence-electron chi connectivity index (χ0n) is 10.5. The number of thiophene rings is 1. The van der Waals surface area contributed by atoms with Crippen molar-refractivity contribution in [3.8, 4) is 0 Å². The molecular formula is C14H13Br2NO2S. The summed E-state index contributed by atoms with van der Waals surface area (Å²) in [4.78, 5) is 12.7. The van der Waals surface area contributed by atoms with Crippen LogP contribution < -0.4 is 5.32 Å². The van der Waals surface area contributed by atoms with Gasteiger partial charge in [-0.15, -0.1) is 11.3 Å². The van der Waals surface area contributed by atoms with Gasteiger partial charge in [-0.2, -0.15) is 0 Å². The third kappa shape index (κ3) is 4.15. The molecule has 0 radical (unpaired) electrons. The van der Waals surface area contributed by atoms with Gasteiger partial charge in [0.05, 0.1) is 21.3 Å². The number of carbonyl (C=O) groups excluding carboxylic acids is 1. The largest absolute Gasteiger partial charge is 0.394 e. The van der Waals surface area contributed by atoms with Gasteiger partial charge in [-0.3, -0.25) is 4.79 Å². The molecule has 1 aromatic carbocycles. The van der Waals surface area contributed by atoms with Gasteiger partial charge in [0.25, 0.3) is 5.91 Å². The SMILES string of the molecule is O=C(NC(CO)Cc1ccccc1)c1cc(Br)c(Br)s1. The first-order valence-corrected chi connectivity index (χ1v) is 8.41. The Labute approximate surface area is 138 Å². The molecule has 0 aliphatic rings. The third-order valence-electron chi connectivity index (χ3n) is 2.75. The van der Waals surface area contributed by atoms with E-state index in [0.29, 0.717) is 11.3 Å². The maximum atomic E-state index is 12.1. The van der Waals surface area contributed by atoms with E-state index in [4.69, 9.17) is 0 Å². The Hall–Kier alpha value is -0.690. The minimum absolute atomic E-state index is 0.0889. The number of aliphatic hydroxyl groups is 1. The summed E-state index contributed by atoms with van der Waals surface area (Å²) >= 11 is 8.08. The van der Waals surface area contributed by atoms with Crippen molar-refractivity contribution in [3.63, 3.8) is 0 Å². The zero-order valence-corrected chi connectivity index (χ0v) is 14.5. The number of hydrogen-bond acceptors (Lipinski definition) is 3. The molecule has 0 aliphatic carbocycles. The minimum Gasteiger partial charge on any atom is -0.394 e. The van der Waals surface area contributed by atoms with E-state index in [2.05, 4.69) is 37.2 Å². The molecule has 0 spiro atoms. The van der Waals surface area contributed by atoms with E-state index in [0.717, 1.165) is 13.8 Å². The number of aliphatic hydroxyl groups excluding tert-OH is 1. The third-order valence-corrected chi connectivity index (χ3v) is 6.00. The molecule has 0 saturated heterocycles. The summed E-state index contributed by atoms with van der Waals surface area (Å²) in [5.74, 6) is -0.170. The van der Waals surface area contributed by atoms with Crippen LogP contribution in [0.2, 0.25) is 0 Å². The number of rotatable bonds is 5. The molecule has 1 amide bonds. The molecule has 2 aromatic rings. The Bertz CT molecular complexity index is 567. The second-order valence-electron chi connectivity index (χ2n) is 4.27. The summed E-state index contributed by atoms with van der Waals surface area (Å²) in [5.41, 5.74) is 1.08. The molecule has 2 rings (SSSR count). The highest BCUT2D eigenvalue weighted by Gasteiger charge is 2.16. The lowest BCUT2D eigenvalue weighted by Gasteiger charge is -2.15. The summed E-state index contributed by atoms with van der Waals surface area (Å²) < 4.78 is 1.74. The average molecular weight is 419 g/mol. The van der Waals surface area contributed by atoms with Gasteiger partial charge in [0.15, 0.2) is 0 Å². The predicted octanol–water partition coefficient (Wildman–Crippen LogP) is 3.61. The highest BCUT2D eigenvalue weighted by Crippen LogP contribution is 2.32. The molecule has 106 valence electrons. The van der Waals surface area contributed by atoms with E-state index in [1.165, 1.54) is 11.3 Å². The maximum Gasteiger partial charge on any atom is 0.261 e. The Morgan fingerprint density at radius 1 is 1.30 bits per heavy atom. The van der Waals surface area contributed by atoms with Crippen LogP contribution in [0.1, 0.15) is 15.2 Å². The fraction of sp³-hybridized carbons (Fsp3) is 0.214. The second kappa shape index (κ2) is 7.36. The van der Waals surface area contributed by atoms with Crippen LogP contribution in [0.5, 0.6) is 0 Å². The van der Waals surface area contributed by atoms with Crippen LogP contribution in [0.25, 0.3) is 0 Å². The van der Waals surface area contributed by atoms with Gasteiger partial charge in [-0.1, -0.05) is 30.3 Å². The topological polar surface area (TPSA) is 49.3 Å². The van der Waals surface area contributed by atoms with Crippen LogP contribution in [0.15, 0.2) is 44.7 Å². The normalized spacial score (nSPS) is 12.2. The molecule has 0 bridgehead atoms. The van der Waals surface area contributed by atoms with Crippen molar-refractivity contribution in [2.45, 2.75) is 12.5 Å². The molecule has 20 heavy (non-hydrogen) atoms. The van der Waals surface area contributed by atoms with Gasteiger partial charge in [0, 0.05) is 4.47 Å². The van der Waals surface area contributed by atoms with Crippen LogP contribution in [-0.2, 0) is 6.42 Å². The zero-order chi connectivity index (χ0) is 14.5. The quantitative estimate of drug-likeness (QED) is 0.779. The molecule has 1 unspecified atom stereocenters. The number of hydrogen-bond donors (Lipinski definition) is 2. The first kappa shape index (κ1) is 15.7. The van der Waals surface area contributed by atoms with Crippen LogP contribution in [0, 0.1) is 0 Å². The highest BCUT2D eigenvalue weighted by molar-refractivity contribution is 9.13. The van der Waals surface area contributed by atoms with E-state index in [1.54, 1.807) is 6.07 Å². The van der Waals surface area contributed by atoms with Crippen molar-refractivity contribution >= 4 is 49.1 Å². The predicted molar refractivity (Wildman–Crippen MR) is 88.2 cm³/mol. The van der Waals surface area contributed by atoms with Gasteiger partial charge < -0.3 is 10.4 Å². The Balaban J connectivity index is 2.01. The highest BCUT2D eigenvalue weighted by atomic mass is 79.9. The van der Waals surface area contributed by atoms with E-state index in [1.807, 2.05) is 30.3 Å². The van der Waals surface area contributed by atoms with Gasteiger partial charge in [0.2, 0.25) is 0 Å². The summed E-state index contributed by atoms with van der Waals surface area (Å²) in [5, 5.41) is 12.3. The van der Waals surface area contributed by atoms with Crippen molar-refractivity contribution in [3.05, 3.63) is 55.1 Å². The van der Waals surface area contributed by atoms with Gasteiger partial charge in [-0.25, -0.2) is 0 Å². The Morgan fingerprint density at radius 2 is 2.00 bits per heavy atom. The van der Waals surface area contributed by atoms with Crippen LogP contribution >= 0.6 is 43.2 Å². The number of nitrogens with one attached hydrogen (secondary N) is 1. The molecular weight excluding hydrogens is 406 g/mol. The first-order chi connectivity index (χ1) is 9.60. The van der Waals surface area contributed by atoms with Crippen molar-refractivity contribution in [1.82, 2.24) is 5.32 Å². The van der Waals surface area contributed by atoms with Crippen molar-refractivity contribution < 1.29 is 9.90 Å². The van der Waals surface area contributed by atoms with E-state index in [9.17, 15) is 9.90 Å². The second-order valence-corrected chi connectivity index (χ2v) is 7.50. The Kier molecular flexibility index (Phi) is 5.77. The lowest BCUT2D eigenvalue weighted by Crippen LogP contribution is -2.38. The van der Waals surface area contributed by atoms with Crippen molar-refractivity contribution in [1.29, 1.82) is 0 Å².